The van der Waals surface area contributed by atoms with Crippen molar-refractivity contribution in [2.75, 3.05) is 13.1 Å². The Morgan fingerprint density at radius 3 is 2.56 bits per heavy atom. The van der Waals surface area contributed by atoms with Gasteiger partial charge in [-0.15, -0.1) is 0 Å². The fraction of sp³-hybridized carbons (Fsp3) is 0.643. The molecular weight excluding hydrogens is 244 g/mol. The summed E-state index contributed by atoms with van der Waals surface area (Å²) in [6.45, 7) is 9.67. The smallest absolute Gasteiger partial charge is 0.239 e. The van der Waals surface area contributed by atoms with Gasteiger partial charge in [-0.1, -0.05) is 0 Å². The Balaban J connectivity index is 2.43. The maximum absolute atomic E-state index is 12.1. The lowest BCUT2D eigenvalue weighted by atomic mass is 10.1. The average Bonchev–Trinajstić information content (AvgIpc) is 2.82. The highest BCUT2D eigenvalue weighted by molar-refractivity contribution is 7.07. The molecule has 0 spiro atoms. The second-order valence-corrected chi connectivity index (χ2v) is 5.42. The normalized spacial score (nSPS) is 14.2. The molecule has 2 unspecified atom stereocenters. The van der Waals surface area contributed by atoms with Gasteiger partial charge in [0.25, 0.3) is 0 Å². The number of carbonyl (C=O) groups excluding carboxylic acids is 1. The van der Waals surface area contributed by atoms with Crippen LogP contribution in [0.1, 0.15) is 33.3 Å². The zero-order chi connectivity index (χ0) is 13.5. The van der Waals surface area contributed by atoms with Crippen molar-refractivity contribution in [3.8, 4) is 0 Å². The third kappa shape index (κ3) is 4.42. The Bertz CT molecular complexity index is 347. The molecule has 0 aliphatic carbocycles. The average molecular weight is 268 g/mol. The third-order valence-electron chi connectivity index (χ3n) is 3.10. The molecule has 0 aromatic carbocycles. The van der Waals surface area contributed by atoms with Crippen molar-refractivity contribution in [2.24, 2.45) is 0 Å². The number of rotatable bonds is 7. The number of amides is 1. The van der Waals surface area contributed by atoms with E-state index in [9.17, 15) is 4.79 Å². The van der Waals surface area contributed by atoms with E-state index in [1.54, 1.807) is 11.3 Å². The second kappa shape index (κ2) is 7.54. The van der Waals surface area contributed by atoms with Gasteiger partial charge in [-0.3, -0.25) is 4.79 Å². The molecule has 0 fully saturated rings. The van der Waals surface area contributed by atoms with Gasteiger partial charge in [-0.2, -0.15) is 11.3 Å². The number of nitrogens with one attached hydrogen (secondary N) is 1. The van der Waals surface area contributed by atoms with Gasteiger partial charge in [0.15, 0.2) is 0 Å². The van der Waals surface area contributed by atoms with E-state index in [0.29, 0.717) is 6.04 Å². The highest BCUT2D eigenvalue weighted by atomic mass is 32.1. The summed E-state index contributed by atoms with van der Waals surface area (Å²) in [5.74, 6) is 0.192. The highest BCUT2D eigenvalue weighted by Gasteiger charge is 2.19. The van der Waals surface area contributed by atoms with E-state index in [1.165, 1.54) is 5.56 Å². The van der Waals surface area contributed by atoms with Crippen LogP contribution in [-0.4, -0.2) is 36.0 Å². The van der Waals surface area contributed by atoms with Crippen molar-refractivity contribution in [2.45, 2.75) is 46.2 Å². The van der Waals surface area contributed by atoms with Gasteiger partial charge in [0.05, 0.1) is 6.04 Å². The quantitative estimate of drug-likeness (QED) is 0.824. The van der Waals surface area contributed by atoms with Gasteiger partial charge < -0.3 is 10.2 Å². The lowest BCUT2D eigenvalue weighted by Gasteiger charge is -2.25. The summed E-state index contributed by atoms with van der Waals surface area (Å²) in [4.78, 5) is 14.0. The number of likely N-dealkylation sites (N-methyl/N-ethyl adjacent to an activating group) is 1. The monoisotopic (exact) mass is 268 g/mol. The minimum atomic E-state index is -0.112. The molecule has 1 N–H and O–H groups in total. The first-order chi connectivity index (χ1) is 8.58. The number of hydrogen-bond donors (Lipinski definition) is 1. The Kier molecular flexibility index (Phi) is 6.36. The van der Waals surface area contributed by atoms with Crippen molar-refractivity contribution < 1.29 is 4.79 Å². The molecule has 1 heterocycles. The molecule has 0 aliphatic heterocycles. The zero-order valence-electron chi connectivity index (χ0n) is 11.8. The van der Waals surface area contributed by atoms with E-state index >= 15 is 0 Å². The van der Waals surface area contributed by atoms with E-state index in [1.807, 2.05) is 25.7 Å². The van der Waals surface area contributed by atoms with Gasteiger partial charge in [0, 0.05) is 19.1 Å². The van der Waals surface area contributed by atoms with Crippen molar-refractivity contribution >= 4 is 17.2 Å². The van der Waals surface area contributed by atoms with E-state index in [4.69, 9.17) is 0 Å². The number of thiophene rings is 1. The predicted molar refractivity (Wildman–Crippen MR) is 78.0 cm³/mol. The first-order valence-corrected chi connectivity index (χ1v) is 7.58. The third-order valence-corrected chi connectivity index (χ3v) is 3.83. The molecule has 18 heavy (non-hydrogen) atoms. The molecule has 0 aliphatic rings. The molecule has 1 amide bonds. The first kappa shape index (κ1) is 15.2. The van der Waals surface area contributed by atoms with Gasteiger partial charge in [0.2, 0.25) is 5.91 Å². The van der Waals surface area contributed by atoms with Crippen LogP contribution in [0.5, 0.6) is 0 Å². The van der Waals surface area contributed by atoms with Crippen LogP contribution in [0.25, 0.3) is 0 Å². The van der Waals surface area contributed by atoms with Crippen LogP contribution >= 0.6 is 11.3 Å². The summed E-state index contributed by atoms with van der Waals surface area (Å²) in [6, 6.07) is 2.34. The Hall–Kier alpha value is -0.870. The first-order valence-electron chi connectivity index (χ1n) is 6.64. The second-order valence-electron chi connectivity index (χ2n) is 4.64. The topological polar surface area (TPSA) is 32.3 Å². The molecule has 0 radical (unpaired) electrons. The van der Waals surface area contributed by atoms with E-state index < -0.39 is 0 Å². The zero-order valence-corrected chi connectivity index (χ0v) is 12.6. The lowest BCUT2D eigenvalue weighted by Crippen LogP contribution is -2.48. The van der Waals surface area contributed by atoms with Crippen molar-refractivity contribution in [3.63, 3.8) is 0 Å². The van der Waals surface area contributed by atoms with Crippen LogP contribution < -0.4 is 5.32 Å². The van der Waals surface area contributed by atoms with Crippen molar-refractivity contribution in [1.29, 1.82) is 0 Å². The number of carbonyl (C=O) groups is 1. The predicted octanol–water partition coefficient (Wildman–Crippen LogP) is 2.53. The molecule has 0 saturated heterocycles. The molecule has 102 valence electrons. The minimum absolute atomic E-state index is 0.112. The van der Waals surface area contributed by atoms with Gasteiger partial charge in [0.1, 0.15) is 0 Å². The fourth-order valence-corrected chi connectivity index (χ4v) is 2.81. The summed E-state index contributed by atoms with van der Waals surface area (Å²) >= 11 is 1.72. The molecule has 1 aromatic rings. The van der Waals surface area contributed by atoms with Crippen LogP contribution in [0.2, 0.25) is 0 Å². The Labute approximate surface area is 114 Å². The van der Waals surface area contributed by atoms with Crippen molar-refractivity contribution in [1.82, 2.24) is 10.2 Å². The molecule has 2 atom stereocenters. The fourth-order valence-electron chi connectivity index (χ4n) is 2.13. The molecule has 4 heteroatoms. The van der Waals surface area contributed by atoms with E-state index in [0.717, 1.165) is 19.5 Å². The van der Waals surface area contributed by atoms with Crippen LogP contribution in [0.4, 0.5) is 0 Å². The number of nitrogens with zero attached hydrogens (tertiary/aromatic N) is 1. The molecular formula is C14H24N2OS. The number of hydrogen-bond acceptors (Lipinski definition) is 3. The lowest BCUT2D eigenvalue weighted by molar-refractivity contribution is -0.132. The van der Waals surface area contributed by atoms with Crippen molar-refractivity contribution in [3.05, 3.63) is 22.4 Å². The summed E-state index contributed by atoms with van der Waals surface area (Å²) in [5.41, 5.74) is 1.34. The summed E-state index contributed by atoms with van der Waals surface area (Å²) in [7, 11) is 0. The summed E-state index contributed by atoms with van der Waals surface area (Å²) in [5, 5.41) is 7.63. The van der Waals surface area contributed by atoms with Crippen LogP contribution in [-0.2, 0) is 11.2 Å². The molecule has 0 saturated carbocycles. The van der Waals surface area contributed by atoms with Gasteiger partial charge in [-0.05, 0) is 56.5 Å². The minimum Gasteiger partial charge on any atom is -0.342 e. The van der Waals surface area contributed by atoms with Crippen LogP contribution in [0, 0.1) is 0 Å². The Morgan fingerprint density at radius 1 is 1.39 bits per heavy atom. The SMILES string of the molecule is CCN(CC)C(=O)C(C)NC(C)Cc1ccsc1. The summed E-state index contributed by atoms with van der Waals surface area (Å²) in [6.07, 6.45) is 0.972. The molecule has 0 bridgehead atoms. The van der Waals surface area contributed by atoms with Crippen LogP contribution in [0.3, 0.4) is 0 Å². The molecule has 1 rings (SSSR count). The standard InChI is InChI=1S/C14H24N2OS/c1-5-16(6-2)14(17)12(4)15-11(3)9-13-7-8-18-10-13/h7-8,10-12,15H,5-6,9H2,1-4H3. The van der Waals surface area contributed by atoms with Crippen LogP contribution in [0.15, 0.2) is 16.8 Å². The highest BCUT2D eigenvalue weighted by Crippen LogP contribution is 2.09. The molecule has 1 aromatic heterocycles. The van der Waals surface area contributed by atoms with E-state index in [2.05, 4.69) is 29.1 Å². The van der Waals surface area contributed by atoms with Gasteiger partial charge in [-0.25, -0.2) is 0 Å². The molecule has 3 nitrogen and oxygen atoms in total. The maximum Gasteiger partial charge on any atom is 0.239 e. The summed E-state index contributed by atoms with van der Waals surface area (Å²) < 4.78 is 0. The Morgan fingerprint density at radius 2 is 2.06 bits per heavy atom. The van der Waals surface area contributed by atoms with E-state index in [-0.39, 0.29) is 11.9 Å². The van der Waals surface area contributed by atoms with Gasteiger partial charge >= 0.3 is 0 Å². The largest absolute Gasteiger partial charge is 0.342 e. The maximum atomic E-state index is 12.1.